The van der Waals surface area contributed by atoms with Gasteiger partial charge < -0.3 is 24.7 Å². The fourth-order valence-corrected chi connectivity index (χ4v) is 4.63. The zero-order valence-electron chi connectivity index (χ0n) is 20.4. The standard InChI is InChI=1S/C26H31N5O4/c1-4-21(32)31-10-9-17(12-31)30-26(33)22-15(2)29-25-23(27-14-28-24(22)25)19-8-7-18(34-3)11-20(19)35-13-16-5-6-16/h7-8,11,14,16-17,29H,4-6,9-10,12-13H2,1-3H3,(H,30,33)/t17-/m1/s1. The predicted molar refractivity (Wildman–Crippen MR) is 132 cm³/mol. The molecule has 1 aliphatic carbocycles. The quantitative estimate of drug-likeness (QED) is 0.514. The average Bonchev–Trinajstić information content (AvgIpc) is 3.47. The van der Waals surface area contributed by atoms with Crippen LogP contribution in [0.25, 0.3) is 22.3 Å². The zero-order chi connectivity index (χ0) is 24.5. The molecule has 2 fully saturated rings. The number of carbonyl (C=O) groups excluding carboxylic acids is 2. The summed E-state index contributed by atoms with van der Waals surface area (Å²) in [5.74, 6) is 1.92. The van der Waals surface area contributed by atoms with Gasteiger partial charge in [-0.15, -0.1) is 0 Å². The molecule has 3 heterocycles. The second-order valence-corrected chi connectivity index (χ2v) is 9.34. The SMILES string of the molecule is CCC(=O)N1CC[C@@H](NC(=O)c2c(C)[nH]c3c(-c4ccc(OC)cc4OCC4CC4)ncnc23)C1. The number of nitrogens with zero attached hydrogens (tertiary/aromatic N) is 3. The number of hydrogen-bond acceptors (Lipinski definition) is 6. The van der Waals surface area contributed by atoms with Crippen LogP contribution in [0.2, 0.25) is 0 Å². The van der Waals surface area contributed by atoms with Gasteiger partial charge in [0.25, 0.3) is 5.91 Å². The number of rotatable bonds is 8. The van der Waals surface area contributed by atoms with E-state index in [1.807, 2.05) is 32.0 Å². The fraction of sp³-hybridized carbons (Fsp3) is 0.462. The minimum Gasteiger partial charge on any atom is -0.497 e. The van der Waals surface area contributed by atoms with Crippen molar-refractivity contribution in [2.75, 3.05) is 26.8 Å². The number of H-pyrrole nitrogens is 1. The molecule has 5 rings (SSSR count). The van der Waals surface area contributed by atoms with E-state index in [2.05, 4.69) is 20.3 Å². The lowest BCUT2D eigenvalue weighted by molar-refractivity contribution is -0.129. The Bertz CT molecular complexity index is 1270. The molecule has 2 N–H and O–H groups in total. The van der Waals surface area contributed by atoms with Crippen LogP contribution in [0.4, 0.5) is 0 Å². The minimum absolute atomic E-state index is 0.0762. The molecule has 0 radical (unpaired) electrons. The van der Waals surface area contributed by atoms with Crippen LogP contribution in [-0.4, -0.2) is 64.5 Å². The molecular formula is C26H31N5O4. The fourth-order valence-electron chi connectivity index (χ4n) is 4.63. The summed E-state index contributed by atoms with van der Waals surface area (Å²) in [6, 6.07) is 5.60. The van der Waals surface area contributed by atoms with Gasteiger partial charge in [0.2, 0.25) is 5.91 Å². The topological polar surface area (TPSA) is 109 Å². The van der Waals surface area contributed by atoms with E-state index in [9.17, 15) is 9.59 Å². The van der Waals surface area contributed by atoms with Crippen LogP contribution in [0.5, 0.6) is 11.5 Å². The van der Waals surface area contributed by atoms with Crippen LogP contribution in [0, 0.1) is 12.8 Å². The number of ether oxygens (including phenoxy) is 2. The van der Waals surface area contributed by atoms with E-state index in [0.29, 0.717) is 71.5 Å². The molecule has 1 atom stereocenters. The summed E-state index contributed by atoms with van der Waals surface area (Å²) in [5, 5.41) is 3.09. The van der Waals surface area contributed by atoms with E-state index in [1.165, 1.54) is 19.2 Å². The first-order valence-electron chi connectivity index (χ1n) is 12.2. The molecule has 1 aliphatic heterocycles. The van der Waals surface area contributed by atoms with Gasteiger partial charge >= 0.3 is 0 Å². The van der Waals surface area contributed by atoms with Crippen LogP contribution >= 0.6 is 0 Å². The average molecular weight is 478 g/mol. The van der Waals surface area contributed by atoms with Gasteiger partial charge in [-0.1, -0.05) is 6.92 Å². The van der Waals surface area contributed by atoms with Crippen LogP contribution in [-0.2, 0) is 4.79 Å². The van der Waals surface area contributed by atoms with Gasteiger partial charge in [-0.25, -0.2) is 9.97 Å². The van der Waals surface area contributed by atoms with Crippen molar-refractivity contribution in [2.45, 2.75) is 45.6 Å². The van der Waals surface area contributed by atoms with Gasteiger partial charge in [0.05, 0.1) is 24.8 Å². The Kier molecular flexibility index (Phi) is 6.32. The minimum atomic E-state index is -0.200. The van der Waals surface area contributed by atoms with Gasteiger partial charge in [-0.05, 0) is 44.2 Å². The summed E-state index contributed by atoms with van der Waals surface area (Å²) in [6.07, 6.45) is 5.08. The summed E-state index contributed by atoms with van der Waals surface area (Å²) in [6.45, 7) is 5.57. The molecule has 1 aromatic carbocycles. The highest BCUT2D eigenvalue weighted by Crippen LogP contribution is 2.38. The number of aromatic nitrogens is 3. The number of amides is 2. The first kappa shape index (κ1) is 23.1. The molecular weight excluding hydrogens is 446 g/mol. The molecule has 0 spiro atoms. The molecule has 0 unspecified atom stereocenters. The lowest BCUT2D eigenvalue weighted by Gasteiger charge is -2.16. The zero-order valence-corrected chi connectivity index (χ0v) is 20.4. The molecule has 2 aromatic heterocycles. The number of carbonyl (C=O) groups is 2. The van der Waals surface area contributed by atoms with Gasteiger partial charge in [-0.2, -0.15) is 0 Å². The first-order chi connectivity index (χ1) is 17.0. The third kappa shape index (κ3) is 4.67. The maximum absolute atomic E-state index is 13.3. The largest absolute Gasteiger partial charge is 0.497 e. The predicted octanol–water partition coefficient (Wildman–Crippen LogP) is 3.47. The van der Waals surface area contributed by atoms with Gasteiger partial charge in [-0.3, -0.25) is 9.59 Å². The molecule has 3 aromatic rings. The van der Waals surface area contributed by atoms with Crippen LogP contribution in [0.1, 0.15) is 48.7 Å². The maximum Gasteiger partial charge on any atom is 0.255 e. The Morgan fingerprint density at radius 1 is 1.23 bits per heavy atom. The smallest absolute Gasteiger partial charge is 0.255 e. The molecule has 1 saturated heterocycles. The molecule has 2 amide bonds. The summed E-state index contributed by atoms with van der Waals surface area (Å²) in [7, 11) is 1.63. The highest BCUT2D eigenvalue weighted by Gasteiger charge is 2.29. The van der Waals surface area contributed by atoms with Crippen LogP contribution in [0.3, 0.4) is 0 Å². The highest BCUT2D eigenvalue weighted by molar-refractivity contribution is 6.09. The Morgan fingerprint density at radius 2 is 2.06 bits per heavy atom. The molecule has 1 saturated carbocycles. The molecule has 184 valence electrons. The normalized spacial score (nSPS) is 17.6. The van der Waals surface area contributed by atoms with Crippen LogP contribution < -0.4 is 14.8 Å². The second kappa shape index (κ2) is 9.56. The Morgan fingerprint density at radius 3 is 2.80 bits per heavy atom. The second-order valence-electron chi connectivity index (χ2n) is 9.34. The molecule has 35 heavy (non-hydrogen) atoms. The van der Waals surface area contributed by atoms with Crippen molar-refractivity contribution in [1.29, 1.82) is 0 Å². The Hall–Kier alpha value is -3.62. The lowest BCUT2D eigenvalue weighted by atomic mass is 10.1. The van der Waals surface area contributed by atoms with Gasteiger partial charge in [0.15, 0.2) is 0 Å². The number of aryl methyl sites for hydroxylation is 1. The van der Waals surface area contributed by atoms with Crippen molar-refractivity contribution in [3.8, 4) is 22.8 Å². The summed E-state index contributed by atoms with van der Waals surface area (Å²) in [4.78, 5) is 39.4. The molecule has 9 nitrogen and oxygen atoms in total. The Balaban J connectivity index is 1.45. The molecule has 9 heteroatoms. The van der Waals surface area contributed by atoms with Crippen molar-refractivity contribution >= 4 is 22.8 Å². The third-order valence-electron chi connectivity index (χ3n) is 6.79. The van der Waals surface area contributed by atoms with Gasteiger partial charge in [0, 0.05) is 42.9 Å². The number of nitrogens with one attached hydrogen (secondary N) is 2. The van der Waals surface area contributed by atoms with E-state index in [0.717, 1.165) is 12.0 Å². The van der Waals surface area contributed by atoms with Crippen molar-refractivity contribution in [3.05, 3.63) is 35.8 Å². The van der Waals surface area contributed by atoms with Crippen molar-refractivity contribution < 1.29 is 19.1 Å². The van der Waals surface area contributed by atoms with E-state index in [1.54, 1.807) is 12.0 Å². The number of hydrogen-bond donors (Lipinski definition) is 2. The first-order valence-corrected chi connectivity index (χ1v) is 12.2. The van der Waals surface area contributed by atoms with Crippen molar-refractivity contribution in [3.63, 3.8) is 0 Å². The van der Waals surface area contributed by atoms with Crippen molar-refractivity contribution in [1.82, 2.24) is 25.2 Å². The number of methoxy groups -OCH3 is 1. The molecule has 0 bridgehead atoms. The molecule has 2 aliphatic rings. The van der Waals surface area contributed by atoms with E-state index in [4.69, 9.17) is 9.47 Å². The van der Waals surface area contributed by atoms with Gasteiger partial charge in [0.1, 0.15) is 29.0 Å². The number of likely N-dealkylation sites (tertiary alicyclic amines) is 1. The van der Waals surface area contributed by atoms with E-state index in [-0.39, 0.29) is 17.9 Å². The Labute approximate surface area is 204 Å². The monoisotopic (exact) mass is 477 g/mol. The summed E-state index contributed by atoms with van der Waals surface area (Å²) in [5.41, 5.74) is 3.95. The third-order valence-corrected chi connectivity index (χ3v) is 6.79. The maximum atomic E-state index is 13.3. The number of aromatic amines is 1. The summed E-state index contributed by atoms with van der Waals surface area (Å²) >= 11 is 0. The summed E-state index contributed by atoms with van der Waals surface area (Å²) < 4.78 is 11.6. The van der Waals surface area contributed by atoms with Crippen LogP contribution in [0.15, 0.2) is 24.5 Å². The van der Waals surface area contributed by atoms with E-state index >= 15 is 0 Å². The van der Waals surface area contributed by atoms with E-state index < -0.39 is 0 Å². The number of benzene rings is 1. The lowest BCUT2D eigenvalue weighted by Crippen LogP contribution is -2.38. The highest BCUT2D eigenvalue weighted by atomic mass is 16.5. The number of fused-ring (bicyclic) bond motifs is 1. The van der Waals surface area contributed by atoms with Crippen molar-refractivity contribution in [2.24, 2.45) is 5.92 Å².